The zero-order chi connectivity index (χ0) is 22.3. The molecule has 3 aromatic carbocycles. The molecule has 1 aromatic heterocycles. The number of fused-ring (bicyclic) bond motifs is 1. The third kappa shape index (κ3) is 4.47. The van der Waals surface area contributed by atoms with Gasteiger partial charge < -0.3 is 5.32 Å². The molecule has 0 aliphatic heterocycles. The number of hydrogen-bond acceptors (Lipinski definition) is 2. The van der Waals surface area contributed by atoms with Crippen LogP contribution in [0.1, 0.15) is 27.0 Å². The standard InChI is InChI=1S/C25H19BrCl2N2O/c1-13-8-15(3)24-18(9-13)19(11-23(29-24)16-4-6-17(27)7-5-16)25(31)30-22-12-21(28)20(26)10-14(22)2/h4-12H,1-3H3,(H,30,31). The minimum atomic E-state index is -0.214. The molecule has 4 rings (SSSR count). The van der Waals surface area contributed by atoms with Gasteiger partial charge in [0, 0.05) is 26.1 Å². The molecule has 0 aliphatic rings. The number of nitrogens with zero attached hydrogens (tertiary/aromatic N) is 1. The van der Waals surface area contributed by atoms with Crippen LogP contribution < -0.4 is 5.32 Å². The second kappa shape index (κ2) is 8.62. The van der Waals surface area contributed by atoms with E-state index in [1.165, 1.54) is 0 Å². The number of pyridine rings is 1. The fourth-order valence-electron chi connectivity index (χ4n) is 3.61. The van der Waals surface area contributed by atoms with Crippen molar-refractivity contribution in [1.29, 1.82) is 0 Å². The van der Waals surface area contributed by atoms with Crippen molar-refractivity contribution in [1.82, 2.24) is 4.98 Å². The maximum absolute atomic E-state index is 13.4. The summed E-state index contributed by atoms with van der Waals surface area (Å²) in [5.41, 5.74) is 6.63. The zero-order valence-corrected chi connectivity index (χ0v) is 20.3. The van der Waals surface area contributed by atoms with Crippen molar-refractivity contribution in [2.45, 2.75) is 20.8 Å². The molecule has 0 unspecified atom stereocenters. The summed E-state index contributed by atoms with van der Waals surface area (Å²) in [6.07, 6.45) is 0. The second-order valence-electron chi connectivity index (χ2n) is 7.58. The third-order valence-electron chi connectivity index (χ3n) is 5.15. The first kappa shape index (κ1) is 21.8. The Morgan fingerprint density at radius 1 is 0.935 bits per heavy atom. The third-order valence-corrected chi connectivity index (χ3v) is 6.60. The van der Waals surface area contributed by atoms with Crippen molar-refractivity contribution in [3.63, 3.8) is 0 Å². The lowest BCUT2D eigenvalue weighted by molar-refractivity contribution is 0.102. The summed E-state index contributed by atoms with van der Waals surface area (Å²) in [6, 6.07) is 17.0. The van der Waals surface area contributed by atoms with Gasteiger partial charge in [-0.05, 0) is 84.2 Å². The van der Waals surface area contributed by atoms with Crippen molar-refractivity contribution < 1.29 is 4.79 Å². The van der Waals surface area contributed by atoms with Gasteiger partial charge >= 0.3 is 0 Å². The van der Waals surface area contributed by atoms with Crippen LogP contribution in [0.5, 0.6) is 0 Å². The highest BCUT2D eigenvalue weighted by Crippen LogP contribution is 2.32. The predicted octanol–water partition coefficient (Wildman–Crippen LogP) is 8.15. The molecule has 0 aliphatic carbocycles. The van der Waals surface area contributed by atoms with Gasteiger partial charge in [-0.3, -0.25) is 4.79 Å². The van der Waals surface area contributed by atoms with Crippen LogP contribution in [0, 0.1) is 20.8 Å². The Hall–Kier alpha value is -2.40. The fraction of sp³-hybridized carbons (Fsp3) is 0.120. The van der Waals surface area contributed by atoms with E-state index in [9.17, 15) is 4.79 Å². The fourth-order valence-corrected chi connectivity index (χ4v) is 4.36. The summed E-state index contributed by atoms with van der Waals surface area (Å²) in [6.45, 7) is 5.95. The summed E-state index contributed by atoms with van der Waals surface area (Å²) in [4.78, 5) is 18.3. The Balaban J connectivity index is 1.88. The molecule has 0 fully saturated rings. The number of rotatable bonds is 3. The van der Waals surface area contributed by atoms with Crippen LogP contribution in [0.25, 0.3) is 22.2 Å². The van der Waals surface area contributed by atoms with E-state index in [1.807, 2.05) is 63.2 Å². The number of nitrogens with one attached hydrogen (secondary N) is 1. The molecule has 6 heteroatoms. The molecule has 0 saturated heterocycles. The number of aryl methyl sites for hydroxylation is 3. The largest absolute Gasteiger partial charge is 0.322 e. The van der Waals surface area contributed by atoms with E-state index in [-0.39, 0.29) is 5.91 Å². The predicted molar refractivity (Wildman–Crippen MR) is 134 cm³/mol. The van der Waals surface area contributed by atoms with E-state index < -0.39 is 0 Å². The van der Waals surface area contributed by atoms with Gasteiger partial charge in [-0.25, -0.2) is 4.98 Å². The Kier molecular flexibility index (Phi) is 6.07. The van der Waals surface area contributed by atoms with E-state index in [1.54, 1.807) is 6.07 Å². The van der Waals surface area contributed by atoms with Gasteiger partial charge in [0.15, 0.2) is 0 Å². The summed E-state index contributed by atoms with van der Waals surface area (Å²) >= 11 is 15.7. The lowest BCUT2D eigenvalue weighted by Crippen LogP contribution is -2.14. The Labute approximate surface area is 199 Å². The molecular weight excluding hydrogens is 495 g/mol. The minimum absolute atomic E-state index is 0.214. The first-order chi connectivity index (χ1) is 14.7. The van der Waals surface area contributed by atoms with Crippen molar-refractivity contribution in [3.8, 4) is 11.3 Å². The number of aromatic nitrogens is 1. The van der Waals surface area contributed by atoms with Gasteiger partial charge in [-0.1, -0.05) is 47.0 Å². The summed E-state index contributed by atoms with van der Waals surface area (Å²) in [5, 5.41) is 5.02. The van der Waals surface area contributed by atoms with Gasteiger partial charge in [-0.2, -0.15) is 0 Å². The highest BCUT2D eigenvalue weighted by atomic mass is 79.9. The lowest BCUT2D eigenvalue weighted by atomic mass is 9.99. The average Bonchev–Trinajstić information content (AvgIpc) is 2.72. The maximum atomic E-state index is 13.4. The number of benzene rings is 3. The highest BCUT2D eigenvalue weighted by Gasteiger charge is 2.17. The Bertz CT molecular complexity index is 1330. The van der Waals surface area contributed by atoms with Crippen LogP contribution in [0.4, 0.5) is 5.69 Å². The van der Waals surface area contributed by atoms with Gasteiger partial charge in [0.1, 0.15) is 0 Å². The van der Waals surface area contributed by atoms with Crippen LogP contribution in [-0.2, 0) is 0 Å². The second-order valence-corrected chi connectivity index (χ2v) is 9.27. The highest BCUT2D eigenvalue weighted by molar-refractivity contribution is 9.10. The van der Waals surface area contributed by atoms with Gasteiger partial charge in [-0.15, -0.1) is 0 Å². The van der Waals surface area contributed by atoms with E-state index in [4.69, 9.17) is 28.2 Å². The molecule has 1 amide bonds. The summed E-state index contributed by atoms with van der Waals surface area (Å²) < 4.78 is 0.787. The van der Waals surface area contributed by atoms with Crippen LogP contribution >= 0.6 is 39.1 Å². The van der Waals surface area contributed by atoms with Gasteiger partial charge in [0.2, 0.25) is 0 Å². The number of halogens is 3. The van der Waals surface area contributed by atoms with Crippen molar-refractivity contribution in [2.75, 3.05) is 5.32 Å². The number of amides is 1. The summed E-state index contributed by atoms with van der Waals surface area (Å²) in [7, 11) is 0. The molecule has 0 saturated carbocycles. The van der Waals surface area contributed by atoms with E-state index in [0.29, 0.717) is 27.0 Å². The first-order valence-corrected chi connectivity index (χ1v) is 11.2. The molecular formula is C25H19BrCl2N2O. The average molecular weight is 514 g/mol. The van der Waals surface area contributed by atoms with Crippen molar-refractivity contribution >= 4 is 61.6 Å². The van der Waals surface area contributed by atoms with Crippen LogP contribution in [0.3, 0.4) is 0 Å². The molecule has 31 heavy (non-hydrogen) atoms. The molecule has 0 atom stereocenters. The zero-order valence-electron chi connectivity index (χ0n) is 17.2. The van der Waals surface area contributed by atoms with Gasteiger partial charge in [0.25, 0.3) is 5.91 Å². The molecule has 1 N–H and O–H groups in total. The number of carbonyl (C=O) groups excluding carboxylic acids is 1. The van der Waals surface area contributed by atoms with Crippen molar-refractivity contribution in [3.05, 3.63) is 91.4 Å². The minimum Gasteiger partial charge on any atom is -0.322 e. The van der Waals surface area contributed by atoms with Crippen LogP contribution in [-0.4, -0.2) is 10.9 Å². The van der Waals surface area contributed by atoms with E-state index >= 15 is 0 Å². The maximum Gasteiger partial charge on any atom is 0.256 e. The number of hydrogen-bond donors (Lipinski definition) is 1. The molecule has 4 aromatic rings. The smallest absolute Gasteiger partial charge is 0.256 e. The molecule has 1 heterocycles. The van der Waals surface area contributed by atoms with Crippen LogP contribution in [0.2, 0.25) is 10.0 Å². The molecule has 0 radical (unpaired) electrons. The quantitative estimate of drug-likeness (QED) is 0.300. The first-order valence-electron chi connectivity index (χ1n) is 9.68. The molecule has 156 valence electrons. The SMILES string of the molecule is Cc1cc(C)c2nc(-c3ccc(Cl)cc3)cc(C(=O)Nc3cc(Cl)c(Br)cc3C)c2c1. The molecule has 3 nitrogen and oxygen atoms in total. The lowest BCUT2D eigenvalue weighted by Gasteiger charge is -2.14. The molecule has 0 spiro atoms. The van der Waals surface area contributed by atoms with Crippen molar-refractivity contribution in [2.24, 2.45) is 0 Å². The van der Waals surface area contributed by atoms with Gasteiger partial charge in [0.05, 0.1) is 21.8 Å². The number of anilines is 1. The number of carbonyl (C=O) groups is 1. The van der Waals surface area contributed by atoms with Crippen LogP contribution in [0.15, 0.2) is 59.1 Å². The normalized spacial score (nSPS) is 11.0. The Morgan fingerprint density at radius 2 is 1.65 bits per heavy atom. The topological polar surface area (TPSA) is 42.0 Å². The summed E-state index contributed by atoms with van der Waals surface area (Å²) in [5.74, 6) is -0.214. The Morgan fingerprint density at radius 3 is 2.35 bits per heavy atom. The molecule has 0 bridgehead atoms. The van der Waals surface area contributed by atoms with E-state index in [2.05, 4.69) is 27.3 Å². The monoisotopic (exact) mass is 512 g/mol. The van der Waals surface area contributed by atoms with E-state index in [0.717, 1.165) is 37.6 Å².